The number of amides is 7. The highest BCUT2D eigenvalue weighted by Gasteiger charge is 2.45. The summed E-state index contributed by atoms with van der Waals surface area (Å²) < 4.78 is 0. The van der Waals surface area contributed by atoms with Gasteiger partial charge in [-0.2, -0.15) is 0 Å². The molecule has 2 saturated heterocycles. The summed E-state index contributed by atoms with van der Waals surface area (Å²) in [5, 5.41) is 11.3. The number of carbonyl (C=O) groups is 7. The van der Waals surface area contributed by atoms with Gasteiger partial charge in [0.25, 0.3) is 17.7 Å². The van der Waals surface area contributed by atoms with E-state index in [1.54, 1.807) is 29.2 Å². The smallest absolute Gasteiger partial charge is 0.315 e. The number of nitrogens with one attached hydrogen (secondary N) is 4. The third-order valence-corrected chi connectivity index (χ3v) is 10.8. The van der Waals surface area contributed by atoms with Crippen molar-refractivity contribution in [3.63, 3.8) is 0 Å². The highest BCUT2D eigenvalue weighted by molar-refractivity contribution is 6.38. The van der Waals surface area contributed by atoms with Crippen molar-refractivity contribution in [2.75, 3.05) is 19.6 Å². The summed E-state index contributed by atoms with van der Waals surface area (Å²) in [5.41, 5.74) is 0.0707. The van der Waals surface area contributed by atoms with E-state index in [2.05, 4.69) is 41.7 Å². The van der Waals surface area contributed by atoms with Crippen LogP contribution >= 0.6 is 0 Å². The van der Waals surface area contributed by atoms with Gasteiger partial charge in [0.1, 0.15) is 12.1 Å². The molecule has 0 radical (unpaired) electrons. The molecule has 0 aliphatic carbocycles. The van der Waals surface area contributed by atoms with E-state index in [9.17, 15) is 33.6 Å². The number of hydrogen-bond acceptors (Lipinski definition) is 7. The number of ketones is 1. The molecule has 0 spiro atoms. The van der Waals surface area contributed by atoms with Crippen LogP contribution in [0.2, 0.25) is 0 Å². The number of Topliss-reactive ketones (excluding diaryl/α,β-unsaturated/α-hetero) is 1. The van der Waals surface area contributed by atoms with Gasteiger partial charge in [-0.15, -0.1) is 6.58 Å². The van der Waals surface area contributed by atoms with Gasteiger partial charge in [0.15, 0.2) is 0 Å². The molecule has 13 heteroatoms. The second-order valence-corrected chi connectivity index (χ2v) is 16.5. The maximum atomic E-state index is 14.5. The number of fused-ring (bicyclic) bond motifs is 2. The van der Waals surface area contributed by atoms with Crippen molar-refractivity contribution in [2.24, 2.45) is 17.3 Å². The minimum Gasteiger partial charge on any atom is -0.346 e. The van der Waals surface area contributed by atoms with Crippen LogP contribution in [0.5, 0.6) is 0 Å². The SMILES string of the molecule is C=CCNC(=O)C(=O)[C@@H]1CCCCCCCCC[C@H](NC(=O)N[C@H](CN2C(=O)c3ccccc3C2=O)C(C)(C)C)C(=O)N2CC[C@H](CC(C)C)[C@H]2C(=O)N1. The summed E-state index contributed by atoms with van der Waals surface area (Å²) in [5.74, 6) is -3.18. The zero-order chi connectivity index (χ0) is 39.6. The van der Waals surface area contributed by atoms with E-state index >= 15 is 0 Å². The van der Waals surface area contributed by atoms with Crippen molar-refractivity contribution in [3.05, 3.63) is 48.0 Å². The number of imide groups is 1. The first-order valence-corrected chi connectivity index (χ1v) is 19.7. The monoisotopic (exact) mass is 748 g/mol. The van der Waals surface area contributed by atoms with E-state index in [1.165, 1.54) is 6.08 Å². The maximum Gasteiger partial charge on any atom is 0.315 e. The molecule has 54 heavy (non-hydrogen) atoms. The number of urea groups is 1. The Morgan fingerprint density at radius 3 is 2.07 bits per heavy atom. The second-order valence-electron chi connectivity index (χ2n) is 16.5. The average Bonchev–Trinajstić information content (AvgIpc) is 3.64. The lowest BCUT2D eigenvalue weighted by Gasteiger charge is -2.35. The largest absolute Gasteiger partial charge is 0.346 e. The predicted molar refractivity (Wildman–Crippen MR) is 205 cm³/mol. The predicted octanol–water partition coefficient (Wildman–Crippen LogP) is 4.51. The number of benzene rings is 1. The average molecular weight is 749 g/mol. The van der Waals surface area contributed by atoms with E-state index in [0.29, 0.717) is 56.2 Å². The van der Waals surface area contributed by atoms with Gasteiger partial charge in [-0.3, -0.25) is 33.7 Å². The van der Waals surface area contributed by atoms with E-state index in [1.807, 2.05) is 20.8 Å². The number of nitrogens with zero attached hydrogens (tertiary/aromatic N) is 2. The Labute approximate surface area is 319 Å². The minimum atomic E-state index is -1.04. The molecule has 7 amide bonds. The fourth-order valence-electron chi connectivity index (χ4n) is 7.77. The summed E-state index contributed by atoms with van der Waals surface area (Å²) >= 11 is 0. The highest BCUT2D eigenvalue weighted by Crippen LogP contribution is 2.32. The Morgan fingerprint density at radius 1 is 0.907 bits per heavy atom. The van der Waals surface area contributed by atoms with Crippen LogP contribution in [0.1, 0.15) is 126 Å². The lowest BCUT2D eigenvalue weighted by Crippen LogP contribution is -2.60. The molecule has 4 rings (SSSR count). The molecular weight excluding hydrogens is 688 g/mol. The quantitative estimate of drug-likeness (QED) is 0.155. The van der Waals surface area contributed by atoms with Crippen molar-refractivity contribution in [1.29, 1.82) is 0 Å². The van der Waals surface area contributed by atoms with Gasteiger partial charge >= 0.3 is 6.03 Å². The van der Waals surface area contributed by atoms with Gasteiger partial charge in [0, 0.05) is 13.1 Å². The summed E-state index contributed by atoms with van der Waals surface area (Å²) in [7, 11) is 0. The van der Waals surface area contributed by atoms with Gasteiger partial charge in [-0.1, -0.05) is 97.8 Å². The number of rotatable bonds is 10. The third kappa shape index (κ3) is 10.8. The Hall–Kier alpha value is -4.55. The molecule has 3 aliphatic heterocycles. The number of carbonyl (C=O) groups excluding carboxylic acids is 7. The normalized spacial score (nSPS) is 23.7. The fourth-order valence-corrected chi connectivity index (χ4v) is 7.77. The molecule has 3 heterocycles. The van der Waals surface area contributed by atoms with Crippen LogP contribution in [-0.4, -0.2) is 95.0 Å². The highest BCUT2D eigenvalue weighted by atomic mass is 16.2. The Kier molecular flexibility index (Phi) is 15.0. The van der Waals surface area contributed by atoms with Crippen molar-refractivity contribution < 1.29 is 33.6 Å². The fraction of sp³-hybridized carbons (Fsp3) is 0.634. The molecule has 13 nitrogen and oxygen atoms in total. The molecule has 0 aromatic heterocycles. The topological polar surface area (TPSA) is 174 Å². The van der Waals surface area contributed by atoms with Crippen molar-refractivity contribution in [2.45, 2.75) is 129 Å². The summed E-state index contributed by atoms with van der Waals surface area (Å²) in [4.78, 5) is 97.6. The van der Waals surface area contributed by atoms with E-state index in [0.717, 1.165) is 37.0 Å². The molecule has 4 N–H and O–H groups in total. The van der Waals surface area contributed by atoms with Crippen molar-refractivity contribution in [1.82, 2.24) is 31.1 Å². The first-order valence-electron chi connectivity index (χ1n) is 19.7. The Balaban J connectivity index is 1.57. The third-order valence-electron chi connectivity index (χ3n) is 10.8. The lowest BCUT2D eigenvalue weighted by molar-refractivity contribution is -0.143. The van der Waals surface area contributed by atoms with Gasteiger partial charge in [0.05, 0.1) is 29.8 Å². The summed E-state index contributed by atoms with van der Waals surface area (Å²) in [6, 6.07) is 2.48. The van der Waals surface area contributed by atoms with Crippen LogP contribution < -0.4 is 21.3 Å². The molecule has 296 valence electrons. The van der Waals surface area contributed by atoms with Gasteiger partial charge in [-0.05, 0) is 55.1 Å². The summed E-state index contributed by atoms with van der Waals surface area (Å²) in [6.45, 7) is 13.8. The molecule has 2 fully saturated rings. The van der Waals surface area contributed by atoms with E-state index in [4.69, 9.17) is 0 Å². The van der Waals surface area contributed by atoms with Crippen LogP contribution in [0.25, 0.3) is 0 Å². The molecule has 3 aliphatic rings. The number of hydrogen-bond donors (Lipinski definition) is 4. The molecule has 0 bridgehead atoms. The van der Waals surface area contributed by atoms with E-state index < -0.39 is 65.0 Å². The molecule has 1 aromatic rings. The van der Waals surface area contributed by atoms with Gasteiger partial charge < -0.3 is 26.2 Å². The van der Waals surface area contributed by atoms with Crippen LogP contribution in [0.15, 0.2) is 36.9 Å². The van der Waals surface area contributed by atoms with Crippen molar-refractivity contribution in [3.8, 4) is 0 Å². The molecule has 1 aromatic carbocycles. The Bertz CT molecular complexity index is 1530. The zero-order valence-electron chi connectivity index (χ0n) is 32.7. The standard InChI is InChI=1S/C41H60N6O7/c1-7-22-42-36(50)34(48)30-19-13-11-9-8-10-12-14-20-31(39(53)46-23-21-27(24-26(2)3)33(46)35(49)43-30)44-40(54)45-32(41(4,5)6)25-47-37(51)28-17-15-16-18-29(28)38(47)52/h7,15-18,26-27,30-33H,1,8-14,19-25H2,2-6H3,(H,42,50)(H,43,49)(H2,44,45,54)/t27-,30+,31+,32-,33+/m1/s1. The zero-order valence-corrected chi connectivity index (χ0v) is 32.7. The first kappa shape index (κ1) is 42.2. The van der Waals surface area contributed by atoms with Crippen LogP contribution in [0.4, 0.5) is 4.79 Å². The molecule has 5 atom stereocenters. The minimum absolute atomic E-state index is 0.0569. The molecule has 0 unspecified atom stereocenters. The second kappa shape index (κ2) is 19.2. The summed E-state index contributed by atoms with van der Waals surface area (Å²) in [6.07, 6.45) is 9.24. The van der Waals surface area contributed by atoms with Gasteiger partial charge in [0.2, 0.25) is 17.6 Å². The van der Waals surface area contributed by atoms with Crippen LogP contribution in [0, 0.1) is 17.3 Å². The van der Waals surface area contributed by atoms with Crippen molar-refractivity contribution >= 4 is 41.4 Å². The molecule has 0 saturated carbocycles. The molecular formula is C41H60N6O7. The Morgan fingerprint density at radius 2 is 1.50 bits per heavy atom. The van der Waals surface area contributed by atoms with Gasteiger partial charge in [-0.25, -0.2) is 4.79 Å². The van der Waals surface area contributed by atoms with Crippen LogP contribution in [-0.2, 0) is 19.2 Å². The first-order chi connectivity index (χ1) is 25.6. The lowest BCUT2D eigenvalue weighted by atomic mass is 9.86. The maximum absolute atomic E-state index is 14.5. The van der Waals surface area contributed by atoms with Crippen LogP contribution in [0.3, 0.4) is 0 Å². The van der Waals surface area contributed by atoms with E-state index in [-0.39, 0.29) is 30.8 Å².